The maximum Gasteiger partial charge on any atom is 0.407 e. The van der Waals surface area contributed by atoms with E-state index in [9.17, 15) is 18.4 Å². The Hall–Kier alpha value is -4.07. The maximum absolute atomic E-state index is 14.2. The van der Waals surface area contributed by atoms with Crippen molar-refractivity contribution >= 4 is 34.8 Å². The zero-order valence-corrected chi connectivity index (χ0v) is 23.3. The van der Waals surface area contributed by atoms with Gasteiger partial charge < -0.3 is 29.9 Å². The molecule has 1 saturated carbocycles. The van der Waals surface area contributed by atoms with Gasteiger partial charge in [-0.05, 0) is 44.2 Å². The molecule has 2 aromatic heterocycles. The number of carbonyl (C=O) groups is 2. The summed E-state index contributed by atoms with van der Waals surface area (Å²) < 4.78 is 39.9. The number of imidazole rings is 1. The molecule has 42 heavy (non-hydrogen) atoms. The fourth-order valence-electron chi connectivity index (χ4n) is 6.10. The topological polar surface area (TPSA) is 127 Å². The number of hydrogen-bond donors (Lipinski definition) is 2. The number of para-hydroxylation sites is 2. The molecule has 1 atom stereocenters. The van der Waals surface area contributed by atoms with Gasteiger partial charge in [0.25, 0.3) is 6.43 Å². The van der Waals surface area contributed by atoms with Crippen LogP contribution in [0.4, 0.5) is 25.3 Å². The van der Waals surface area contributed by atoms with Gasteiger partial charge >= 0.3 is 6.09 Å². The largest absolute Gasteiger partial charge is 0.453 e. The Morgan fingerprint density at radius 2 is 1.76 bits per heavy atom. The first kappa shape index (κ1) is 28.1. The van der Waals surface area contributed by atoms with Crippen molar-refractivity contribution in [2.45, 2.75) is 56.7 Å². The Bertz CT molecular complexity index is 1440. The van der Waals surface area contributed by atoms with E-state index >= 15 is 0 Å². The molecular weight excluding hydrogens is 550 g/mol. The van der Waals surface area contributed by atoms with Crippen LogP contribution in [0.25, 0.3) is 16.9 Å². The molecule has 0 bridgehead atoms. The summed E-state index contributed by atoms with van der Waals surface area (Å²) in [5.74, 6) is 0.854. The third-order valence-electron chi connectivity index (χ3n) is 8.23. The van der Waals surface area contributed by atoms with Gasteiger partial charge in [0.1, 0.15) is 17.7 Å². The second-order valence-corrected chi connectivity index (χ2v) is 10.8. The monoisotopic (exact) mass is 584 g/mol. The Morgan fingerprint density at radius 3 is 2.50 bits per heavy atom. The molecule has 4 heterocycles. The summed E-state index contributed by atoms with van der Waals surface area (Å²) in [6.07, 6.45) is 0.284. The van der Waals surface area contributed by atoms with Gasteiger partial charge in [0.15, 0.2) is 5.82 Å². The number of likely N-dealkylation sites (tertiary alicyclic amines) is 1. The molecule has 1 aliphatic carbocycles. The molecule has 2 saturated heterocycles. The third-order valence-corrected chi connectivity index (χ3v) is 8.23. The van der Waals surface area contributed by atoms with E-state index < -0.39 is 18.6 Å². The number of nitrogens with one attached hydrogen (secondary N) is 2. The number of nitrogens with zero attached hydrogens (tertiary/aromatic N) is 6. The molecule has 2 aliphatic heterocycles. The molecule has 224 valence electrons. The summed E-state index contributed by atoms with van der Waals surface area (Å²) >= 11 is 0. The Morgan fingerprint density at radius 1 is 1.02 bits per heavy atom. The number of benzene rings is 1. The van der Waals surface area contributed by atoms with Crippen molar-refractivity contribution in [1.29, 1.82) is 0 Å². The summed E-state index contributed by atoms with van der Waals surface area (Å²) in [7, 11) is 1.28. The third kappa shape index (κ3) is 5.67. The summed E-state index contributed by atoms with van der Waals surface area (Å²) in [4.78, 5) is 42.1. The smallest absolute Gasteiger partial charge is 0.407 e. The van der Waals surface area contributed by atoms with Crippen LogP contribution in [-0.4, -0.2) is 94.5 Å². The van der Waals surface area contributed by atoms with Crippen LogP contribution in [0.15, 0.2) is 30.3 Å². The van der Waals surface area contributed by atoms with E-state index in [1.807, 2.05) is 4.90 Å². The van der Waals surface area contributed by atoms with Gasteiger partial charge in [0.05, 0.1) is 31.4 Å². The quantitative estimate of drug-likeness (QED) is 0.430. The van der Waals surface area contributed by atoms with Crippen LogP contribution in [0.3, 0.4) is 0 Å². The fourth-order valence-corrected chi connectivity index (χ4v) is 6.10. The normalized spacial score (nSPS) is 23.0. The molecule has 2 N–H and O–H groups in total. The molecule has 0 radical (unpaired) electrons. The minimum atomic E-state index is -2.79. The second kappa shape index (κ2) is 12.0. The molecular formula is C28H34F2N8O4. The Labute approximate surface area is 241 Å². The van der Waals surface area contributed by atoms with Crippen LogP contribution in [-0.2, 0) is 14.3 Å². The molecule has 3 aromatic rings. The number of anilines is 2. The molecule has 12 nitrogen and oxygen atoms in total. The fraction of sp³-hybridized carbons (Fsp3) is 0.536. The summed E-state index contributed by atoms with van der Waals surface area (Å²) in [6, 6.07) is 8.32. The van der Waals surface area contributed by atoms with E-state index in [-0.39, 0.29) is 23.8 Å². The Balaban J connectivity index is 1.22. The van der Waals surface area contributed by atoms with Gasteiger partial charge in [-0.2, -0.15) is 9.97 Å². The molecule has 0 unspecified atom stereocenters. The van der Waals surface area contributed by atoms with E-state index in [4.69, 9.17) is 14.7 Å². The van der Waals surface area contributed by atoms with Crippen LogP contribution in [0.1, 0.15) is 44.4 Å². The van der Waals surface area contributed by atoms with E-state index in [2.05, 4.69) is 25.3 Å². The SMILES string of the molecule is COC(=O)N[C@H]1CCN([C@H]2CC[C@H](Nc3nc(N4CCOCC4)cc(-n4c(C(F)F)nc5ccccc54)n3)CC2)C1=O. The van der Waals surface area contributed by atoms with Gasteiger partial charge in [-0.1, -0.05) is 12.1 Å². The highest BCUT2D eigenvalue weighted by molar-refractivity contribution is 5.87. The maximum atomic E-state index is 14.2. The predicted octanol–water partition coefficient (Wildman–Crippen LogP) is 3.27. The van der Waals surface area contributed by atoms with Crippen LogP contribution >= 0.6 is 0 Å². The van der Waals surface area contributed by atoms with Crippen molar-refractivity contribution in [1.82, 2.24) is 29.7 Å². The van der Waals surface area contributed by atoms with Crippen LogP contribution < -0.4 is 15.5 Å². The molecule has 14 heteroatoms. The van der Waals surface area contributed by atoms with E-state index in [1.54, 1.807) is 30.3 Å². The summed E-state index contributed by atoms with van der Waals surface area (Å²) in [5, 5.41) is 6.06. The number of alkyl halides is 2. The van der Waals surface area contributed by atoms with Crippen LogP contribution in [0, 0.1) is 0 Å². The minimum absolute atomic E-state index is 0.0461. The zero-order chi connectivity index (χ0) is 29.2. The molecule has 6 rings (SSSR count). The number of hydrogen-bond acceptors (Lipinski definition) is 9. The number of rotatable bonds is 7. The molecule has 3 aliphatic rings. The number of ether oxygens (including phenoxy) is 2. The number of morpholine rings is 1. The van der Waals surface area contributed by atoms with Crippen molar-refractivity contribution < 1.29 is 27.8 Å². The minimum Gasteiger partial charge on any atom is -0.453 e. The first-order chi connectivity index (χ1) is 20.4. The molecule has 3 fully saturated rings. The average molecular weight is 585 g/mol. The zero-order valence-electron chi connectivity index (χ0n) is 23.3. The van der Waals surface area contributed by atoms with Crippen molar-refractivity contribution in [3.05, 3.63) is 36.2 Å². The summed E-state index contributed by atoms with van der Waals surface area (Å²) in [6.45, 7) is 2.95. The van der Waals surface area contributed by atoms with Crippen LogP contribution in [0.2, 0.25) is 0 Å². The lowest BCUT2D eigenvalue weighted by atomic mass is 9.90. The number of halogens is 2. The van der Waals surface area contributed by atoms with Gasteiger partial charge in [0.2, 0.25) is 11.9 Å². The lowest BCUT2D eigenvalue weighted by Crippen LogP contribution is -2.46. The van der Waals surface area contributed by atoms with Gasteiger partial charge in [-0.15, -0.1) is 0 Å². The molecule has 1 aromatic carbocycles. The second-order valence-electron chi connectivity index (χ2n) is 10.8. The lowest BCUT2D eigenvalue weighted by molar-refractivity contribution is -0.131. The lowest BCUT2D eigenvalue weighted by Gasteiger charge is -2.35. The highest BCUT2D eigenvalue weighted by Crippen LogP contribution is 2.31. The van der Waals surface area contributed by atoms with E-state index in [1.165, 1.54) is 11.7 Å². The van der Waals surface area contributed by atoms with E-state index in [0.717, 1.165) is 25.7 Å². The van der Waals surface area contributed by atoms with Crippen molar-refractivity contribution in [2.75, 3.05) is 50.2 Å². The first-order valence-corrected chi connectivity index (χ1v) is 14.3. The first-order valence-electron chi connectivity index (χ1n) is 14.3. The van der Waals surface area contributed by atoms with Gasteiger partial charge in [0, 0.05) is 37.8 Å². The predicted molar refractivity (Wildman–Crippen MR) is 150 cm³/mol. The number of methoxy groups -OCH3 is 1. The van der Waals surface area contributed by atoms with Crippen molar-refractivity contribution in [3.8, 4) is 5.82 Å². The Kier molecular flexibility index (Phi) is 8.05. The molecule has 0 spiro atoms. The van der Waals surface area contributed by atoms with Gasteiger partial charge in [-0.3, -0.25) is 9.36 Å². The number of carbonyl (C=O) groups excluding carboxylic acids is 2. The van der Waals surface area contributed by atoms with E-state index in [0.29, 0.717) is 67.9 Å². The number of aromatic nitrogens is 4. The highest BCUT2D eigenvalue weighted by Gasteiger charge is 2.38. The van der Waals surface area contributed by atoms with Crippen LogP contribution in [0.5, 0.6) is 0 Å². The molecule has 2 amide bonds. The highest BCUT2D eigenvalue weighted by atomic mass is 19.3. The number of alkyl carbamates (subject to hydrolysis) is 1. The number of amides is 2. The summed E-state index contributed by atoms with van der Waals surface area (Å²) in [5.41, 5.74) is 1.01. The number of fused-ring (bicyclic) bond motifs is 1. The standard InChI is InChI=1S/C28H34F2N8O4/c1-41-28(40)33-20-10-11-37(26(20)39)18-8-6-17(7-9-18)31-27-34-22(36-12-14-42-15-13-36)16-23(35-27)38-21-5-3-2-4-19(21)32-25(38)24(29)30/h2-5,16-18,20,24H,6-15H2,1H3,(H,33,40)(H,31,34,35)/t17-,18-,20-/m0/s1. The van der Waals surface area contributed by atoms with Gasteiger partial charge in [-0.25, -0.2) is 18.6 Å². The average Bonchev–Trinajstić information content (AvgIpc) is 3.58. The van der Waals surface area contributed by atoms with Crippen molar-refractivity contribution in [3.63, 3.8) is 0 Å². The van der Waals surface area contributed by atoms with Crippen molar-refractivity contribution in [2.24, 2.45) is 0 Å².